The lowest BCUT2D eigenvalue weighted by Gasteiger charge is -2.26. The maximum Gasteiger partial charge on any atom is 0.0541 e. The smallest absolute Gasteiger partial charge is 0.0541 e. The summed E-state index contributed by atoms with van der Waals surface area (Å²) in [6.07, 6.45) is 0. The number of rotatable bonds is 7. The molecule has 0 saturated carbocycles. The number of aromatic nitrogens is 1. The van der Waals surface area contributed by atoms with E-state index in [9.17, 15) is 0 Å². The normalized spacial score (nSPS) is 11.5. The molecule has 0 aliphatic heterocycles. The van der Waals surface area contributed by atoms with Gasteiger partial charge in [0.1, 0.15) is 0 Å². The van der Waals surface area contributed by atoms with E-state index in [1.807, 2.05) is 11.3 Å². The van der Waals surface area contributed by atoms with Gasteiger partial charge in [0.05, 0.1) is 11.0 Å². The molecule has 2 heterocycles. The Labute approximate surface area is 335 Å². The maximum absolute atomic E-state index is 2.38. The van der Waals surface area contributed by atoms with Crippen LogP contribution in [0.4, 0.5) is 17.1 Å². The fourth-order valence-electron chi connectivity index (χ4n) is 8.41. The second kappa shape index (κ2) is 13.8. The van der Waals surface area contributed by atoms with E-state index in [4.69, 9.17) is 0 Å². The van der Waals surface area contributed by atoms with Crippen molar-refractivity contribution in [1.82, 2.24) is 4.57 Å². The zero-order chi connectivity index (χ0) is 37.7. The van der Waals surface area contributed by atoms with Gasteiger partial charge >= 0.3 is 0 Å². The Morgan fingerprint density at radius 2 is 0.807 bits per heavy atom. The minimum Gasteiger partial charge on any atom is -0.310 e. The molecule has 2 nitrogen and oxygen atoms in total. The minimum absolute atomic E-state index is 1.12. The first-order valence-corrected chi connectivity index (χ1v) is 20.2. The van der Waals surface area contributed by atoms with Gasteiger partial charge in [-0.1, -0.05) is 140 Å². The van der Waals surface area contributed by atoms with Crippen LogP contribution < -0.4 is 4.90 Å². The third-order valence-electron chi connectivity index (χ3n) is 11.2. The lowest BCUT2D eigenvalue weighted by molar-refractivity contribution is 1.18. The number of anilines is 3. The maximum atomic E-state index is 2.38. The van der Waals surface area contributed by atoms with E-state index in [0.29, 0.717) is 0 Å². The average Bonchev–Trinajstić information content (AvgIpc) is 3.82. The number of para-hydroxylation sites is 2. The summed E-state index contributed by atoms with van der Waals surface area (Å²) in [7, 11) is 0. The zero-order valence-electron chi connectivity index (χ0n) is 31.1. The van der Waals surface area contributed by atoms with E-state index in [-0.39, 0.29) is 0 Å². The molecular weight excluding hydrogens is 709 g/mol. The van der Waals surface area contributed by atoms with Crippen LogP contribution in [0, 0.1) is 0 Å². The zero-order valence-corrected chi connectivity index (χ0v) is 31.9. The van der Waals surface area contributed by atoms with Gasteiger partial charge in [-0.2, -0.15) is 0 Å². The highest BCUT2D eigenvalue weighted by atomic mass is 32.1. The lowest BCUT2D eigenvalue weighted by Crippen LogP contribution is -2.09. The van der Waals surface area contributed by atoms with Crippen LogP contribution in [-0.4, -0.2) is 4.57 Å². The number of hydrogen-bond donors (Lipinski definition) is 0. The van der Waals surface area contributed by atoms with E-state index >= 15 is 0 Å². The molecule has 0 atom stereocenters. The fourth-order valence-corrected chi connectivity index (χ4v) is 9.53. The Hall–Kier alpha value is -7.20. The molecule has 11 aromatic rings. The first-order valence-electron chi connectivity index (χ1n) is 19.4. The van der Waals surface area contributed by atoms with Gasteiger partial charge in [-0.15, -0.1) is 11.3 Å². The number of benzene rings is 9. The highest BCUT2D eigenvalue weighted by Crippen LogP contribution is 2.43. The highest BCUT2D eigenvalue weighted by Gasteiger charge is 2.17. The van der Waals surface area contributed by atoms with Crippen LogP contribution in [0.2, 0.25) is 0 Å². The lowest BCUT2D eigenvalue weighted by atomic mass is 10.0. The summed E-state index contributed by atoms with van der Waals surface area (Å²) in [6.45, 7) is 0. The Balaban J connectivity index is 0.995. The van der Waals surface area contributed by atoms with Crippen molar-refractivity contribution in [2.45, 2.75) is 0 Å². The summed E-state index contributed by atoms with van der Waals surface area (Å²) in [5.74, 6) is 0. The van der Waals surface area contributed by atoms with Gasteiger partial charge in [-0.3, -0.25) is 0 Å². The summed E-state index contributed by atoms with van der Waals surface area (Å²) in [4.78, 5) is 2.38. The predicted octanol–water partition coefficient (Wildman–Crippen LogP) is 15.6. The molecule has 3 heteroatoms. The Morgan fingerprint density at radius 1 is 0.298 bits per heavy atom. The topological polar surface area (TPSA) is 8.17 Å². The molecule has 0 amide bonds. The number of nitrogens with zero attached hydrogens (tertiary/aromatic N) is 2. The quantitative estimate of drug-likeness (QED) is 0.158. The number of hydrogen-bond acceptors (Lipinski definition) is 2. The van der Waals surface area contributed by atoms with Gasteiger partial charge in [-0.25, -0.2) is 0 Å². The van der Waals surface area contributed by atoms with Gasteiger partial charge in [0.25, 0.3) is 0 Å². The highest BCUT2D eigenvalue weighted by molar-refractivity contribution is 7.25. The van der Waals surface area contributed by atoms with E-state index in [0.717, 1.165) is 17.1 Å². The molecule has 2 aromatic heterocycles. The Kier molecular flexibility index (Phi) is 8.04. The fraction of sp³-hybridized carbons (Fsp3) is 0. The summed E-state index contributed by atoms with van der Waals surface area (Å²) in [5, 5.41) is 5.08. The van der Waals surface area contributed by atoms with Crippen LogP contribution in [0.5, 0.6) is 0 Å². The van der Waals surface area contributed by atoms with Crippen molar-refractivity contribution in [3.05, 3.63) is 218 Å². The van der Waals surface area contributed by atoms with Gasteiger partial charge < -0.3 is 9.47 Å². The van der Waals surface area contributed by atoms with Crippen LogP contribution >= 0.6 is 11.3 Å². The first-order chi connectivity index (χ1) is 28.2. The second-order valence-corrected chi connectivity index (χ2v) is 15.7. The molecular formula is C54H36N2S. The monoisotopic (exact) mass is 744 g/mol. The third-order valence-corrected chi connectivity index (χ3v) is 12.3. The van der Waals surface area contributed by atoms with Gasteiger partial charge in [-0.05, 0) is 112 Å². The van der Waals surface area contributed by atoms with Gasteiger partial charge in [0.15, 0.2) is 0 Å². The molecule has 0 spiro atoms. The summed E-state index contributed by atoms with van der Waals surface area (Å²) < 4.78 is 4.95. The molecule has 0 radical (unpaired) electrons. The van der Waals surface area contributed by atoms with Crippen molar-refractivity contribution in [2.75, 3.05) is 4.90 Å². The molecule has 0 N–H and O–H groups in total. The van der Waals surface area contributed by atoms with E-state index in [1.54, 1.807) is 0 Å². The summed E-state index contributed by atoms with van der Waals surface area (Å²) in [6, 6.07) is 79.3. The van der Waals surface area contributed by atoms with Crippen LogP contribution in [0.1, 0.15) is 0 Å². The first kappa shape index (κ1) is 33.2. The standard InChI is InChI=1S/C54H36N2S/c1-4-12-37(13-5-1)39-20-26-44(27-21-39)55(45-28-22-40(23-29-45)38-14-6-2-7-15-38)46-30-33-53-50(36-46)48-31-24-42(35-54(48)57-53)41-25-32-52-49(34-41)47-18-10-11-19-51(47)56(52)43-16-8-3-9-17-43/h1-36H. The van der Waals surface area contributed by atoms with Crippen molar-refractivity contribution >= 4 is 70.4 Å². The molecule has 57 heavy (non-hydrogen) atoms. The van der Waals surface area contributed by atoms with Crippen molar-refractivity contribution in [2.24, 2.45) is 0 Å². The van der Waals surface area contributed by atoms with Crippen molar-refractivity contribution in [3.8, 4) is 39.1 Å². The Bertz CT molecular complexity index is 3120. The van der Waals surface area contributed by atoms with Crippen LogP contribution in [0.25, 0.3) is 81.0 Å². The largest absolute Gasteiger partial charge is 0.310 e. The van der Waals surface area contributed by atoms with Crippen molar-refractivity contribution in [3.63, 3.8) is 0 Å². The number of thiophene rings is 1. The molecule has 0 aliphatic rings. The van der Waals surface area contributed by atoms with Gasteiger partial charge in [0.2, 0.25) is 0 Å². The second-order valence-electron chi connectivity index (χ2n) is 14.6. The Morgan fingerprint density at radius 3 is 1.47 bits per heavy atom. The van der Waals surface area contributed by atoms with Crippen molar-refractivity contribution < 1.29 is 0 Å². The number of fused-ring (bicyclic) bond motifs is 6. The SMILES string of the molecule is c1ccc(-c2ccc(N(c3ccc(-c4ccccc4)cc3)c3ccc4sc5cc(-c6ccc7c(c6)c6ccccc6n7-c6ccccc6)ccc5c4c3)cc2)cc1. The van der Waals surface area contributed by atoms with Gasteiger partial charge in [0, 0.05) is 53.7 Å². The van der Waals surface area contributed by atoms with Crippen molar-refractivity contribution in [1.29, 1.82) is 0 Å². The van der Waals surface area contributed by atoms with E-state index < -0.39 is 0 Å². The van der Waals surface area contributed by atoms with E-state index in [2.05, 4.69) is 228 Å². The van der Waals surface area contributed by atoms with E-state index in [1.165, 1.54) is 81.0 Å². The molecule has 0 fully saturated rings. The summed E-state index contributed by atoms with van der Waals surface area (Å²) >= 11 is 1.87. The molecule has 0 saturated heterocycles. The predicted molar refractivity (Wildman–Crippen MR) is 245 cm³/mol. The molecule has 9 aromatic carbocycles. The van der Waals surface area contributed by atoms with Crippen LogP contribution in [0.3, 0.4) is 0 Å². The third kappa shape index (κ3) is 5.88. The van der Waals surface area contributed by atoms with Crippen LogP contribution in [0.15, 0.2) is 218 Å². The minimum atomic E-state index is 1.12. The molecule has 0 unspecified atom stereocenters. The molecule has 268 valence electrons. The molecule has 11 rings (SSSR count). The molecule has 0 bridgehead atoms. The van der Waals surface area contributed by atoms with Crippen LogP contribution in [-0.2, 0) is 0 Å². The average molecular weight is 745 g/mol. The summed E-state index contributed by atoms with van der Waals surface area (Å²) in [5.41, 5.74) is 14.3. The molecule has 0 aliphatic carbocycles.